The summed E-state index contributed by atoms with van der Waals surface area (Å²) in [5, 5.41) is 0. The molecule has 142 valence electrons. The van der Waals surface area contributed by atoms with Gasteiger partial charge >= 0.3 is 168 Å². The Morgan fingerprint density at radius 3 is 1.15 bits per heavy atom. The minimum absolute atomic E-state index is 0. The summed E-state index contributed by atoms with van der Waals surface area (Å²) in [6, 6.07) is 16.0. The Balaban J connectivity index is 0.00000182. The summed E-state index contributed by atoms with van der Waals surface area (Å²) in [6.07, 6.45) is 0. The van der Waals surface area contributed by atoms with E-state index in [0.717, 1.165) is 0 Å². The van der Waals surface area contributed by atoms with Gasteiger partial charge in [0.15, 0.2) is 0 Å². The SMILES string of the molecule is Cc1cc(C)c(-c2cccc(-c3c(C)cc(C)cc3C)[c]2[Bi])c(C)c1.O.O. The van der Waals surface area contributed by atoms with Crippen LogP contribution in [0.5, 0.6) is 0 Å². The van der Waals surface area contributed by atoms with Gasteiger partial charge < -0.3 is 11.0 Å². The normalized spacial score (nSPS) is 10.2. The fourth-order valence-corrected chi connectivity index (χ4v) is 5.61. The van der Waals surface area contributed by atoms with E-state index in [1.54, 1.807) is 0 Å². The molecule has 0 aromatic heterocycles. The molecule has 3 heteroatoms. The summed E-state index contributed by atoms with van der Waals surface area (Å²) in [6.45, 7) is 13.3. The van der Waals surface area contributed by atoms with E-state index in [2.05, 4.69) is 84.0 Å². The average Bonchev–Trinajstić information content (AvgIpc) is 2.48. The van der Waals surface area contributed by atoms with Crippen LogP contribution < -0.4 is 3.27 Å². The van der Waals surface area contributed by atoms with Gasteiger partial charge in [0.2, 0.25) is 0 Å². The molecule has 27 heavy (non-hydrogen) atoms. The van der Waals surface area contributed by atoms with Gasteiger partial charge in [-0.2, -0.15) is 0 Å². The molecule has 0 heterocycles. The van der Waals surface area contributed by atoms with Crippen LogP contribution in [0.4, 0.5) is 0 Å². The molecule has 3 aromatic carbocycles. The quantitative estimate of drug-likeness (QED) is 0.427. The van der Waals surface area contributed by atoms with E-state index >= 15 is 0 Å². The van der Waals surface area contributed by atoms with E-state index in [1.165, 1.54) is 83.6 Å². The Labute approximate surface area is 178 Å². The summed E-state index contributed by atoms with van der Waals surface area (Å²) < 4.78 is 1.48. The van der Waals surface area contributed by atoms with Gasteiger partial charge in [-0.05, 0) is 0 Å². The van der Waals surface area contributed by atoms with Crippen molar-refractivity contribution in [1.82, 2.24) is 0 Å². The molecule has 0 bridgehead atoms. The minimum atomic E-state index is 0. The van der Waals surface area contributed by atoms with Gasteiger partial charge in [0.1, 0.15) is 0 Å². The van der Waals surface area contributed by atoms with Crippen molar-refractivity contribution in [2.45, 2.75) is 41.5 Å². The van der Waals surface area contributed by atoms with Crippen LogP contribution in [0.3, 0.4) is 0 Å². The number of benzene rings is 3. The van der Waals surface area contributed by atoms with Crippen molar-refractivity contribution in [3.63, 3.8) is 0 Å². The minimum Gasteiger partial charge on any atom is -0.412 e. The van der Waals surface area contributed by atoms with Crippen molar-refractivity contribution < 1.29 is 11.0 Å². The zero-order valence-electron chi connectivity index (χ0n) is 17.0. The molecule has 0 fully saturated rings. The molecule has 4 N–H and O–H groups in total. The Morgan fingerprint density at radius 1 is 0.556 bits per heavy atom. The zero-order chi connectivity index (χ0) is 18.3. The van der Waals surface area contributed by atoms with Crippen LogP contribution in [-0.4, -0.2) is 35.7 Å². The van der Waals surface area contributed by atoms with Crippen molar-refractivity contribution in [2.24, 2.45) is 0 Å². The number of hydrogen-bond acceptors (Lipinski definition) is 0. The first-order valence-corrected chi connectivity index (χ1v) is 10.5. The molecule has 0 saturated heterocycles. The monoisotopic (exact) mass is 558 g/mol. The van der Waals surface area contributed by atoms with E-state index in [0.29, 0.717) is 0 Å². The van der Waals surface area contributed by atoms with Crippen LogP contribution in [-0.2, 0) is 0 Å². The van der Waals surface area contributed by atoms with Gasteiger partial charge in [0, 0.05) is 0 Å². The standard InChI is InChI=1S/C24H25.Bi.2H2O/c1-15-10-17(3)23(18(4)11-15)21-8-7-9-22(14-21)24-19(5)12-16(2)13-20(24)6;;;/h7-13H,1-6H3;;2*1H2. The van der Waals surface area contributed by atoms with Gasteiger partial charge in [-0.15, -0.1) is 0 Å². The average molecular weight is 558 g/mol. The van der Waals surface area contributed by atoms with Gasteiger partial charge in [-0.25, -0.2) is 0 Å². The first-order chi connectivity index (χ1) is 11.8. The van der Waals surface area contributed by atoms with Crippen molar-refractivity contribution in [2.75, 3.05) is 0 Å². The summed E-state index contributed by atoms with van der Waals surface area (Å²) in [5.74, 6) is 0. The van der Waals surface area contributed by atoms with Crippen LogP contribution in [0, 0.1) is 41.5 Å². The largest absolute Gasteiger partial charge is 0.412 e. The van der Waals surface area contributed by atoms with Gasteiger partial charge in [0.25, 0.3) is 0 Å². The van der Waals surface area contributed by atoms with E-state index in [1.807, 2.05) is 0 Å². The molecule has 0 amide bonds. The third kappa shape index (κ3) is 4.48. The van der Waals surface area contributed by atoms with Crippen molar-refractivity contribution in [1.29, 1.82) is 0 Å². The maximum absolute atomic E-state index is 2.30. The number of rotatable bonds is 2. The second-order valence-corrected chi connectivity index (χ2v) is 8.99. The molecule has 3 aromatic rings. The summed E-state index contributed by atoms with van der Waals surface area (Å²) in [4.78, 5) is 0. The molecule has 0 atom stereocenters. The third-order valence-corrected chi connectivity index (χ3v) is 6.80. The predicted molar refractivity (Wildman–Crippen MR) is 118 cm³/mol. The second kappa shape index (κ2) is 9.10. The van der Waals surface area contributed by atoms with Gasteiger partial charge in [0.05, 0.1) is 0 Å². The molecule has 0 aliphatic rings. The molecule has 3 rings (SSSR count). The smallest absolute Gasteiger partial charge is 0.412 e. The van der Waals surface area contributed by atoms with Crippen LogP contribution in [0.2, 0.25) is 0 Å². The van der Waals surface area contributed by atoms with E-state index in [9.17, 15) is 0 Å². The zero-order valence-corrected chi connectivity index (χ0v) is 20.5. The molecule has 0 saturated carbocycles. The molecule has 0 spiro atoms. The summed E-state index contributed by atoms with van der Waals surface area (Å²) in [5.41, 5.74) is 13.8. The second-order valence-electron chi connectivity index (χ2n) is 7.25. The maximum Gasteiger partial charge on any atom is -0.412 e. The topological polar surface area (TPSA) is 63.0 Å². The fraction of sp³-hybridized carbons (Fsp3) is 0.250. The van der Waals surface area contributed by atoms with Crippen molar-refractivity contribution >= 4 is 28.0 Å². The Kier molecular flexibility index (Phi) is 7.92. The van der Waals surface area contributed by atoms with E-state index in [4.69, 9.17) is 0 Å². The molecule has 2 nitrogen and oxygen atoms in total. The van der Waals surface area contributed by atoms with E-state index < -0.39 is 0 Å². The molecule has 0 unspecified atom stereocenters. The first-order valence-electron chi connectivity index (χ1n) is 8.78. The Bertz CT molecular complexity index is 852. The van der Waals surface area contributed by atoms with E-state index in [-0.39, 0.29) is 11.0 Å². The molecule has 0 aliphatic carbocycles. The molecular formula is C24H29BiO2. The predicted octanol–water partition coefficient (Wildman–Crippen LogP) is 4.02. The van der Waals surface area contributed by atoms with Crippen LogP contribution in [0.1, 0.15) is 33.4 Å². The van der Waals surface area contributed by atoms with Crippen molar-refractivity contribution in [3.8, 4) is 22.3 Å². The summed E-state index contributed by atoms with van der Waals surface area (Å²) >= 11 is 1.28. The number of aryl methyl sites for hydroxylation is 6. The molecule has 2 radical (unpaired) electrons. The van der Waals surface area contributed by atoms with Gasteiger partial charge in [-0.3, -0.25) is 0 Å². The maximum atomic E-state index is 2.30. The fourth-order valence-electron chi connectivity index (χ4n) is 4.16. The molecular weight excluding hydrogens is 529 g/mol. The van der Waals surface area contributed by atoms with Crippen LogP contribution in [0.15, 0.2) is 42.5 Å². The number of hydrogen-bond donors (Lipinski definition) is 0. The van der Waals surface area contributed by atoms with Gasteiger partial charge in [-0.1, -0.05) is 0 Å². The van der Waals surface area contributed by atoms with Crippen molar-refractivity contribution in [3.05, 3.63) is 75.8 Å². The van der Waals surface area contributed by atoms with Crippen LogP contribution >= 0.6 is 0 Å². The first kappa shape index (κ1) is 23.5. The third-order valence-electron chi connectivity index (χ3n) is 4.93. The van der Waals surface area contributed by atoms with Crippen LogP contribution in [0.25, 0.3) is 22.3 Å². The Hall–Kier alpha value is -1.54. The summed E-state index contributed by atoms with van der Waals surface area (Å²) in [7, 11) is 0. The molecule has 0 aliphatic heterocycles. The Morgan fingerprint density at radius 2 is 0.852 bits per heavy atom.